The summed E-state index contributed by atoms with van der Waals surface area (Å²) in [4.78, 5) is 2.39. The quantitative estimate of drug-likeness (QED) is 0.892. The number of hydrogen-bond donors (Lipinski definition) is 1. The smallest absolute Gasteiger partial charge is 0.142 e. The minimum absolute atomic E-state index is 0.199. The van der Waals surface area contributed by atoms with Crippen LogP contribution in [0.4, 0.5) is 4.39 Å². The molecule has 1 aliphatic heterocycles. The largest absolute Gasteiger partial charge is 0.317 e. The monoisotopic (exact) mass is 284 g/mol. The van der Waals surface area contributed by atoms with E-state index in [0.717, 1.165) is 44.2 Å². The van der Waals surface area contributed by atoms with Crippen LogP contribution >= 0.6 is 11.6 Å². The van der Waals surface area contributed by atoms with Crippen LogP contribution in [0.5, 0.6) is 0 Å². The van der Waals surface area contributed by atoms with Crippen molar-refractivity contribution in [1.29, 1.82) is 0 Å². The van der Waals surface area contributed by atoms with Gasteiger partial charge in [0, 0.05) is 13.1 Å². The number of nitrogens with zero attached hydrogens (tertiary/aromatic N) is 1. The fraction of sp³-hybridized carbons (Fsp3) is 0.600. The molecule has 0 unspecified atom stereocenters. The van der Waals surface area contributed by atoms with Crippen LogP contribution in [0, 0.1) is 11.7 Å². The van der Waals surface area contributed by atoms with E-state index in [1.807, 2.05) is 6.07 Å². The molecular formula is C15H22ClFN2. The second kappa shape index (κ2) is 7.22. The highest BCUT2D eigenvalue weighted by Gasteiger charge is 2.16. The molecule has 19 heavy (non-hydrogen) atoms. The summed E-state index contributed by atoms with van der Waals surface area (Å²) in [6.45, 7) is 7.30. The molecule has 2 nitrogen and oxygen atoms in total. The average Bonchev–Trinajstić information content (AvgIpc) is 2.43. The normalized spacial score (nSPS) is 17.1. The zero-order chi connectivity index (χ0) is 13.7. The molecule has 0 spiro atoms. The molecule has 0 aliphatic carbocycles. The summed E-state index contributed by atoms with van der Waals surface area (Å²) in [5.41, 5.74) is 0.998. The summed E-state index contributed by atoms with van der Waals surface area (Å²) in [7, 11) is 0. The van der Waals surface area contributed by atoms with Crippen molar-refractivity contribution < 1.29 is 4.39 Å². The predicted molar refractivity (Wildman–Crippen MR) is 78.0 cm³/mol. The van der Waals surface area contributed by atoms with Crippen molar-refractivity contribution in [2.45, 2.75) is 26.3 Å². The lowest BCUT2D eigenvalue weighted by molar-refractivity contribution is 0.207. The maximum absolute atomic E-state index is 13.4. The summed E-state index contributed by atoms with van der Waals surface area (Å²) in [6, 6.07) is 5.11. The van der Waals surface area contributed by atoms with Gasteiger partial charge in [-0.25, -0.2) is 4.39 Å². The van der Waals surface area contributed by atoms with Crippen molar-refractivity contribution in [2.75, 3.05) is 26.2 Å². The van der Waals surface area contributed by atoms with Crippen molar-refractivity contribution in [3.63, 3.8) is 0 Å². The number of piperidine rings is 1. The van der Waals surface area contributed by atoms with Gasteiger partial charge >= 0.3 is 0 Å². The van der Waals surface area contributed by atoms with Crippen LogP contribution < -0.4 is 5.32 Å². The molecule has 1 saturated heterocycles. The molecule has 106 valence electrons. The van der Waals surface area contributed by atoms with E-state index >= 15 is 0 Å². The third-order valence-corrected chi connectivity index (χ3v) is 4.12. The Balaban J connectivity index is 1.92. The molecule has 0 saturated carbocycles. The number of hydrogen-bond acceptors (Lipinski definition) is 2. The Hall–Kier alpha value is -0.640. The fourth-order valence-corrected chi connectivity index (χ4v) is 2.75. The van der Waals surface area contributed by atoms with Gasteiger partial charge in [-0.05, 0) is 56.1 Å². The third-order valence-electron chi connectivity index (χ3n) is 3.81. The van der Waals surface area contributed by atoms with Gasteiger partial charge in [0.25, 0.3) is 0 Å². The Morgan fingerprint density at radius 1 is 1.37 bits per heavy atom. The minimum atomic E-state index is -0.322. The SMILES string of the molecule is CCN(Cc1ccc(Cl)c(F)c1)CC1CCNCC1. The minimum Gasteiger partial charge on any atom is -0.317 e. The highest BCUT2D eigenvalue weighted by Crippen LogP contribution is 2.18. The molecule has 2 rings (SSSR count). The summed E-state index contributed by atoms with van der Waals surface area (Å²) >= 11 is 5.71. The van der Waals surface area contributed by atoms with Crippen molar-refractivity contribution in [3.8, 4) is 0 Å². The number of nitrogens with one attached hydrogen (secondary N) is 1. The highest BCUT2D eigenvalue weighted by atomic mass is 35.5. The molecule has 1 aliphatic rings. The molecular weight excluding hydrogens is 263 g/mol. The van der Waals surface area contributed by atoms with E-state index in [0.29, 0.717) is 0 Å². The highest BCUT2D eigenvalue weighted by molar-refractivity contribution is 6.30. The van der Waals surface area contributed by atoms with Crippen LogP contribution in [-0.4, -0.2) is 31.1 Å². The van der Waals surface area contributed by atoms with E-state index in [2.05, 4.69) is 17.1 Å². The third kappa shape index (κ3) is 4.44. The molecule has 1 aromatic rings. The lowest BCUT2D eigenvalue weighted by atomic mass is 9.97. The average molecular weight is 285 g/mol. The summed E-state index contributed by atoms with van der Waals surface area (Å²) in [6.07, 6.45) is 2.48. The molecule has 0 atom stereocenters. The van der Waals surface area contributed by atoms with Crippen molar-refractivity contribution in [3.05, 3.63) is 34.6 Å². The molecule has 0 amide bonds. The van der Waals surface area contributed by atoms with Crippen LogP contribution in [0.25, 0.3) is 0 Å². The van der Waals surface area contributed by atoms with Crippen molar-refractivity contribution in [1.82, 2.24) is 10.2 Å². The first kappa shape index (κ1) is 14.8. The predicted octanol–water partition coefficient (Wildman–Crippen LogP) is 3.30. The maximum Gasteiger partial charge on any atom is 0.142 e. The summed E-state index contributed by atoms with van der Waals surface area (Å²) in [5.74, 6) is 0.440. The van der Waals surface area contributed by atoms with Gasteiger partial charge in [0.1, 0.15) is 5.82 Å². The van der Waals surface area contributed by atoms with E-state index in [1.54, 1.807) is 12.1 Å². The van der Waals surface area contributed by atoms with Gasteiger partial charge in [0.05, 0.1) is 5.02 Å². The van der Waals surface area contributed by atoms with Crippen molar-refractivity contribution >= 4 is 11.6 Å². The number of benzene rings is 1. The molecule has 0 radical (unpaired) electrons. The van der Waals surface area contributed by atoms with Gasteiger partial charge < -0.3 is 5.32 Å². The Kier molecular flexibility index (Phi) is 5.61. The van der Waals surface area contributed by atoms with Crippen LogP contribution in [0.1, 0.15) is 25.3 Å². The second-order valence-corrected chi connectivity index (χ2v) is 5.68. The van der Waals surface area contributed by atoms with Gasteiger partial charge in [0.2, 0.25) is 0 Å². The molecule has 1 fully saturated rings. The second-order valence-electron chi connectivity index (χ2n) is 5.27. The van der Waals surface area contributed by atoms with Gasteiger partial charge in [-0.2, -0.15) is 0 Å². The molecule has 0 aromatic heterocycles. The Labute approximate surface area is 119 Å². The van der Waals surface area contributed by atoms with Crippen molar-refractivity contribution in [2.24, 2.45) is 5.92 Å². The van der Waals surface area contributed by atoms with Gasteiger partial charge in [-0.1, -0.05) is 24.6 Å². The van der Waals surface area contributed by atoms with E-state index in [1.165, 1.54) is 12.8 Å². The molecule has 1 aromatic carbocycles. The van der Waals surface area contributed by atoms with Crippen LogP contribution in [0.2, 0.25) is 5.02 Å². The Morgan fingerprint density at radius 3 is 2.74 bits per heavy atom. The Bertz CT molecular complexity index is 405. The van der Waals surface area contributed by atoms with Crippen LogP contribution in [-0.2, 0) is 6.54 Å². The summed E-state index contributed by atoms with van der Waals surface area (Å²) in [5, 5.41) is 3.59. The molecule has 4 heteroatoms. The van der Waals surface area contributed by atoms with Crippen LogP contribution in [0.3, 0.4) is 0 Å². The Morgan fingerprint density at radius 2 is 2.11 bits per heavy atom. The fourth-order valence-electron chi connectivity index (χ4n) is 2.63. The van der Waals surface area contributed by atoms with E-state index in [-0.39, 0.29) is 10.8 Å². The van der Waals surface area contributed by atoms with Gasteiger partial charge in [-0.3, -0.25) is 4.90 Å². The standard InChI is InChI=1S/C15H22ClFN2/c1-2-19(10-12-5-7-18-8-6-12)11-13-3-4-14(16)15(17)9-13/h3-4,9,12,18H,2,5-8,10-11H2,1H3. The zero-order valence-electron chi connectivity index (χ0n) is 11.5. The maximum atomic E-state index is 13.4. The van der Waals surface area contributed by atoms with E-state index in [4.69, 9.17) is 11.6 Å². The van der Waals surface area contributed by atoms with Gasteiger partial charge in [0.15, 0.2) is 0 Å². The first-order valence-electron chi connectivity index (χ1n) is 7.06. The summed E-state index contributed by atoms with van der Waals surface area (Å²) < 4.78 is 13.4. The van der Waals surface area contributed by atoms with E-state index < -0.39 is 0 Å². The topological polar surface area (TPSA) is 15.3 Å². The first-order chi connectivity index (χ1) is 9.19. The number of halogens is 2. The first-order valence-corrected chi connectivity index (χ1v) is 7.44. The number of rotatable bonds is 5. The lowest BCUT2D eigenvalue weighted by Crippen LogP contribution is -2.35. The van der Waals surface area contributed by atoms with Gasteiger partial charge in [-0.15, -0.1) is 0 Å². The van der Waals surface area contributed by atoms with Crippen LogP contribution in [0.15, 0.2) is 18.2 Å². The zero-order valence-corrected chi connectivity index (χ0v) is 12.2. The van der Waals surface area contributed by atoms with E-state index in [9.17, 15) is 4.39 Å². The lowest BCUT2D eigenvalue weighted by Gasteiger charge is -2.29. The molecule has 1 N–H and O–H groups in total. The molecule has 1 heterocycles. The molecule has 0 bridgehead atoms.